The highest BCUT2D eigenvalue weighted by molar-refractivity contribution is 9.11. The van der Waals surface area contributed by atoms with Crippen LogP contribution in [0.3, 0.4) is 0 Å². The third-order valence-corrected chi connectivity index (χ3v) is 12.5. The molecule has 0 saturated carbocycles. The van der Waals surface area contributed by atoms with Gasteiger partial charge in [-0.05, 0) is 108 Å². The minimum absolute atomic E-state index is 0.0920. The predicted octanol–water partition coefficient (Wildman–Crippen LogP) is 14.8. The van der Waals surface area contributed by atoms with Crippen molar-refractivity contribution in [2.75, 3.05) is 40.6 Å². The highest BCUT2D eigenvalue weighted by atomic mass is 79.9. The van der Waals surface area contributed by atoms with E-state index in [1.54, 1.807) is 12.1 Å². The van der Waals surface area contributed by atoms with Gasteiger partial charge in [0, 0.05) is 16.2 Å². The van der Waals surface area contributed by atoms with Crippen molar-refractivity contribution in [3.63, 3.8) is 0 Å². The number of unbranched alkanes of at least 4 members (excludes halogenated alkanes) is 12. The summed E-state index contributed by atoms with van der Waals surface area (Å²) in [6, 6.07) is 5.49. The van der Waals surface area contributed by atoms with Gasteiger partial charge in [-0.25, -0.2) is 9.59 Å². The molecule has 0 saturated heterocycles. The number of fused-ring (bicyclic) bond motifs is 6. The van der Waals surface area contributed by atoms with Crippen LogP contribution in [0, 0.1) is 0 Å². The Hall–Kier alpha value is -2.76. The highest BCUT2D eigenvalue weighted by Gasteiger charge is 2.29. The smallest absolute Gasteiger partial charge is 0.338 e. The van der Waals surface area contributed by atoms with Crippen molar-refractivity contribution < 1.29 is 38.0 Å². The quantitative estimate of drug-likeness (QED) is 0.0349. The van der Waals surface area contributed by atoms with Crippen LogP contribution < -0.4 is 18.9 Å². The number of carbonyl (C=O) groups excluding carboxylic acids is 2. The molecule has 0 amide bonds. The lowest BCUT2D eigenvalue weighted by Crippen LogP contribution is -2.12. The summed E-state index contributed by atoms with van der Waals surface area (Å²) >= 11 is 12.0. The summed E-state index contributed by atoms with van der Waals surface area (Å²) in [6.45, 7) is 10.9. The van der Waals surface area contributed by atoms with E-state index in [-0.39, 0.29) is 11.1 Å². The Morgan fingerprint density at radius 1 is 0.439 bits per heavy atom. The molecule has 314 valence electrons. The van der Waals surface area contributed by atoms with Gasteiger partial charge in [0.1, 0.15) is 0 Å². The van der Waals surface area contributed by atoms with E-state index in [0.717, 1.165) is 129 Å². The molecule has 4 aromatic carbocycles. The van der Waals surface area contributed by atoms with E-state index >= 15 is 0 Å². The zero-order valence-electron chi connectivity index (χ0n) is 34.8. The number of rotatable bonds is 26. The second kappa shape index (κ2) is 24.4. The molecular weight excluding hydrogens is 920 g/mol. The van der Waals surface area contributed by atoms with Gasteiger partial charge in [0.05, 0.1) is 65.2 Å². The molecule has 0 aromatic heterocycles. The van der Waals surface area contributed by atoms with E-state index in [9.17, 15) is 9.59 Å². The number of hydrogen-bond acceptors (Lipinski definition) is 8. The van der Waals surface area contributed by atoms with Gasteiger partial charge in [-0.2, -0.15) is 0 Å². The van der Waals surface area contributed by atoms with Gasteiger partial charge >= 0.3 is 11.9 Å². The molecule has 8 nitrogen and oxygen atoms in total. The van der Waals surface area contributed by atoms with Gasteiger partial charge in [0.25, 0.3) is 0 Å². The summed E-state index contributed by atoms with van der Waals surface area (Å²) in [5, 5.41) is 4.64. The largest absolute Gasteiger partial charge is 0.490 e. The summed E-state index contributed by atoms with van der Waals surface area (Å²) in [5.74, 6) is 1.11. The Bertz CT molecular complexity index is 1960. The molecule has 4 aromatic rings. The van der Waals surface area contributed by atoms with Gasteiger partial charge in [0.15, 0.2) is 23.0 Å². The average Bonchev–Trinajstić information content (AvgIpc) is 3.21. The van der Waals surface area contributed by atoms with Gasteiger partial charge < -0.3 is 28.4 Å². The summed E-state index contributed by atoms with van der Waals surface area (Å²) in [6.07, 6.45) is 16.9. The van der Waals surface area contributed by atoms with Crippen LogP contribution in [0.15, 0.2) is 31.6 Å². The standard InChI is InChI=1S/C46H61Br3O8/c1-7-11-15-19-23-54-35-29-34-36(39(47)42(35)55-24-20-16-12-8-2)30-27-32(45(50)52-5)33(46(51)53-6)28-31(30)37-38(34)41(49)44(57-26-22-18-14-10-4)43(40(37)48)56-25-21-17-13-9-3/h27-29H,7-26H2,1-6H3. The van der Waals surface area contributed by atoms with Crippen LogP contribution in [0.4, 0.5) is 0 Å². The van der Waals surface area contributed by atoms with Gasteiger partial charge in [-0.1, -0.05) is 105 Å². The van der Waals surface area contributed by atoms with Crippen molar-refractivity contribution in [2.45, 2.75) is 130 Å². The Labute approximate surface area is 364 Å². The fraction of sp³-hybridized carbons (Fsp3) is 0.565. The first-order valence-corrected chi connectivity index (χ1v) is 23.4. The summed E-state index contributed by atoms with van der Waals surface area (Å²) in [5.41, 5.74) is 0.187. The molecular formula is C46H61Br3O8. The fourth-order valence-corrected chi connectivity index (χ4v) is 9.26. The van der Waals surface area contributed by atoms with E-state index in [2.05, 4.69) is 75.5 Å². The Kier molecular flexibility index (Phi) is 20.0. The maximum absolute atomic E-state index is 13.4. The molecule has 0 atom stereocenters. The molecule has 11 heteroatoms. The molecule has 57 heavy (non-hydrogen) atoms. The van der Waals surface area contributed by atoms with E-state index in [0.29, 0.717) is 69.1 Å². The summed E-state index contributed by atoms with van der Waals surface area (Å²) in [7, 11) is 2.61. The van der Waals surface area contributed by atoms with Crippen LogP contribution in [-0.2, 0) is 9.47 Å². The SMILES string of the molecule is CCCCCCOc1cc2c(c(Br)c1OCCCCCC)c1cc(C(=O)OC)c(C(=O)OC)cc1c1c(Br)c(OCCCCCC)c(OCCCCCC)c(Br)c21. The molecule has 0 aliphatic heterocycles. The zero-order valence-corrected chi connectivity index (χ0v) is 39.5. The summed E-state index contributed by atoms with van der Waals surface area (Å²) < 4.78 is 39.0. The molecule has 0 unspecified atom stereocenters. The topological polar surface area (TPSA) is 89.5 Å². The number of carbonyl (C=O) groups is 2. The van der Waals surface area contributed by atoms with Crippen LogP contribution in [0.1, 0.15) is 151 Å². The maximum atomic E-state index is 13.4. The third-order valence-electron chi connectivity index (χ3n) is 10.2. The van der Waals surface area contributed by atoms with E-state index in [1.807, 2.05) is 6.07 Å². The van der Waals surface area contributed by atoms with E-state index in [1.165, 1.54) is 14.2 Å². The molecule has 4 rings (SSSR count). The Morgan fingerprint density at radius 3 is 1.19 bits per heavy atom. The molecule has 0 aliphatic carbocycles. The molecule has 0 radical (unpaired) electrons. The molecule has 0 aliphatic rings. The fourth-order valence-electron chi connectivity index (χ4n) is 7.11. The lowest BCUT2D eigenvalue weighted by Gasteiger charge is -2.23. The summed E-state index contributed by atoms with van der Waals surface area (Å²) in [4.78, 5) is 26.7. The third kappa shape index (κ3) is 11.7. The first kappa shape index (κ1) is 46.9. The molecule has 0 heterocycles. The van der Waals surface area contributed by atoms with E-state index in [4.69, 9.17) is 28.4 Å². The van der Waals surface area contributed by atoms with Crippen molar-refractivity contribution in [3.8, 4) is 23.0 Å². The Balaban J connectivity index is 2.15. The molecule has 0 N–H and O–H groups in total. The molecule has 0 spiro atoms. The maximum Gasteiger partial charge on any atom is 0.338 e. The monoisotopic (exact) mass is 978 g/mol. The Morgan fingerprint density at radius 2 is 0.789 bits per heavy atom. The van der Waals surface area contributed by atoms with Crippen molar-refractivity contribution >= 4 is 92.0 Å². The normalized spacial score (nSPS) is 11.4. The zero-order chi connectivity index (χ0) is 41.3. The van der Waals surface area contributed by atoms with Gasteiger partial charge in [-0.3, -0.25) is 0 Å². The van der Waals surface area contributed by atoms with Crippen LogP contribution in [0.2, 0.25) is 0 Å². The molecule has 0 bridgehead atoms. The lowest BCUT2D eigenvalue weighted by molar-refractivity contribution is 0.0555. The van der Waals surface area contributed by atoms with Crippen molar-refractivity contribution in [2.24, 2.45) is 0 Å². The number of benzene rings is 4. The predicted molar refractivity (Wildman–Crippen MR) is 243 cm³/mol. The van der Waals surface area contributed by atoms with Crippen LogP contribution >= 0.6 is 47.8 Å². The second-order valence-electron chi connectivity index (χ2n) is 14.5. The van der Waals surface area contributed by atoms with Crippen LogP contribution in [-0.4, -0.2) is 52.6 Å². The van der Waals surface area contributed by atoms with Gasteiger partial charge in [-0.15, -0.1) is 0 Å². The number of methoxy groups -OCH3 is 2. The van der Waals surface area contributed by atoms with E-state index < -0.39 is 11.9 Å². The minimum atomic E-state index is -0.651. The van der Waals surface area contributed by atoms with Crippen LogP contribution in [0.5, 0.6) is 23.0 Å². The van der Waals surface area contributed by atoms with Crippen molar-refractivity contribution in [3.05, 3.63) is 42.7 Å². The number of hydrogen-bond donors (Lipinski definition) is 0. The second-order valence-corrected chi connectivity index (χ2v) is 16.9. The number of esters is 2. The number of ether oxygens (including phenoxy) is 6. The van der Waals surface area contributed by atoms with Gasteiger partial charge in [0.2, 0.25) is 0 Å². The molecule has 0 fully saturated rings. The van der Waals surface area contributed by atoms with Crippen LogP contribution in [0.25, 0.3) is 32.3 Å². The number of halogens is 3. The average molecular weight is 982 g/mol. The minimum Gasteiger partial charge on any atom is -0.490 e. The highest BCUT2D eigenvalue weighted by Crippen LogP contribution is 2.55. The van der Waals surface area contributed by atoms with Crippen molar-refractivity contribution in [1.29, 1.82) is 0 Å². The van der Waals surface area contributed by atoms with Crippen molar-refractivity contribution in [1.82, 2.24) is 0 Å². The lowest BCUT2D eigenvalue weighted by atomic mass is 9.90. The first-order chi connectivity index (χ1) is 27.7. The first-order valence-electron chi connectivity index (χ1n) is 21.0.